The highest BCUT2D eigenvalue weighted by molar-refractivity contribution is 6.23. The molecule has 6 rings (SSSR count). The van der Waals surface area contributed by atoms with Crippen LogP contribution in [0, 0.1) is 23.7 Å². The topological polar surface area (TPSA) is 0 Å². The minimum absolute atomic E-state index is 0.968. The van der Waals surface area contributed by atoms with Crippen LogP contribution in [0.4, 0.5) is 0 Å². The first kappa shape index (κ1) is 18.3. The van der Waals surface area contributed by atoms with Crippen LogP contribution in [-0.2, 0) is 0 Å². The largest absolute Gasteiger partial charge is 0.0622 e. The Hall–Kier alpha value is -4.52. The number of hydrogen-bond donors (Lipinski definition) is 0. The zero-order chi connectivity index (χ0) is 21.3. The summed E-state index contributed by atoms with van der Waals surface area (Å²) in [5.74, 6) is 13.2. The molecule has 0 heterocycles. The molecule has 6 aromatic rings. The van der Waals surface area contributed by atoms with Gasteiger partial charge in [0.1, 0.15) is 0 Å². The predicted molar refractivity (Wildman–Crippen MR) is 135 cm³/mol. The van der Waals surface area contributed by atoms with Crippen LogP contribution in [0.5, 0.6) is 0 Å². The van der Waals surface area contributed by atoms with Crippen LogP contribution >= 0.6 is 0 Å². The molecule has 0 atom stereocenters. The summed E-state index contributed by atoms with van der Waals surface area (Å²) in [5, 5.41) is 7.64. The first-order chi connectivity index (χ1) is 15.8. The average molecular weight is 402 g/mol. The maximum atomic E-state index is 3.42. The Bertz CT molecular complexity index is 1700. The zero-order valence-corrected chi connectivity index (χ0v) is 17.4. The Balaban J connectivity index is 1.42. The standard InChI is InChI=1S/C32H18/c1-2-6-23(7-3-1)12-13-24-8-4-9-25(22-24)14-15-26-16-17-29-19-18-27-10-5-11-28-20-21-30(26)32(29)31(27)28/h1-11,16-22H. The quantitative estimate of drug-likeness (QED) is 0.184. The molecular formula is C32H18. The van der Waals surface area contributed by atoms with Gasteiger partial charge in [-0.1, -0.05) is 96.5 Å². The lowest BCUT2D eigenvalue weighted by Crippen LogP contribution is -1.87. The summed E-state index contributed by atoms with van der Waals surface area (Å²) in [6.45, 7) is 0. The van der Waals surface area contributed by atoms with Gasteiger partial charge in [-0.3, -0.25) is 0 Å². The van der Waals surface area contributed by atoms with Gasteiger partial charge in [-0.15, -0.1) is 0 Å². The van der Waals surface area contributed by atoms with Gasteiger partial charge >= 0.3 is 0 Å². The van der Waals surface area contributed by atoms with Crippen molar-refractivity contribution in [3.05, 3.63) is 131 Å². The maximum absolute atomic E-state index is 3.42. The maximum Gasteiger partial charge on any atom is 0.0328 e. The van der Waals surface area contributed by atoms with Gasteiger partial charge in [0.05, 0.1) is 0 Å². The molecule has 0 bridgehead atoms. The summed E-state index contributed by atoms with van der Waals surface area (Å²) < 4.78 is 0. The van der Waals surface area contributed by atoms with Crippen LogP contribution in [-0.4, -0.2) is 0 Å². The lowest BCUT2D eigenvalue weighted by molar-refractivity contribution is 1.59. The highest BCUT2D eigenvalue weighted by Crippen LogP contribution is 2.35. The van der Waals surface area contributed by atoms with Crippen LogP contribution in [0.15, 0.2) is 109 Å². The lowest BCUT2D eigenvalue weighted by atomic mass is 9.92. The van der Waals surface area contributed by atoms with E-state index in [9.17, 15) is 0 Å². The number of benzene rings is 6. The van der Waals surface area contributed by atoms with E-state index >= 15 is 0 Å². The Morgan fingerprint density at radius 1 is 0.375 bits per heavy atom. The molecule has 0 heteroatoms. The third kappa shape index (κ3) is 3.26. The Labute approximate surface area is 187 Å². The fourth-order valence-corrected chi connectivity index (χ4v) is 4.32. The lowest BCUT2D eigenvalue weighted by Gasteiger charge is -2.11. The monoisotopic (exact) mass is 402 g/mol. The Kier molecular flexibility index (Phi) is 4.35. The zero-order valence-electron chi connectivity index (χ0n) is 17.4. The van der Waals surface area contributed by atoms with Crippen molar-refractivity contribution < 1.29 is 0 Å². The Morgan fingerprint density at radius 3 is 1.72 bits per heavy atom. The fraction of sp³-hybridized carbons (Fsp3) is 0. The highest BCUT2D eigenvalue weighted by atomic mass is 14.1. The first-order valence-electron chi connectivity index (χ1n) is 10.7. The molecule has 146 valence electrons. The van der Waals surface area contributed by atoms with Crippen molar-refractivity contribution in [2.24, 2.45) is 0 Å². The van der Waals surface area contributed by atoms with Gasteiger partial charge in [-0.2, -0.15) is 0 Å². The minimum Gasteiger partial charge on any atom is -0.0622 e. The number of hydrogen-bond acceptors (Lipinski definition) is 0. The van der Waals surface area contributed by atoms with E-state index in [0.717, 1.165) is 22.3 Å². The average Bonchev–Trinajstić information content (AvgIpc) is 2.86. The molecule has 0 aliphatic heterocycles. The van der Waals surface area contributed by atoms with E-state index in [1.54, 1.807) is 0 Å². The van der Waals surface area contributed by atoms with Crippen molar-refractivity contribution in [2.45, 2.75) is 0 Å². The molecule has 0 saturated heterocycles. The van der Waals surface area contributed by atoms with Gasteiger partial charge in [0.15, 0.2) is 0 Å². The second-order valence-corrected chi connectivity index (χ2v) is 7.92. The van der Waals surface area contributed by atoms with E-state index < -0.39 is 0 Å². The van der Waals surface area contributed by atoms with E-state index in [1.807, 2.05) is 48.5 Å². The third-order valence-corrected chi connectivity index (χ3v) is 5.86. The summed E-state index contributed by atoms with van der Waals surface area (Å²) in [7, 11) is 0. The van der Waals surface area contributed by atoms with E-state index in [0.29, 0.717) is 0 Å². The molecule has 0 N–H and O–H groups in total. The smallest absolute Gasteiger partial charge is 0.0328 e. The molecule has 0 radical (unpaired) electrons. The summed E-state index contributed by atoms with van der Waals surface area (Å²) >= 11 is 0. The van der Waals surface area contributed by atoms with Crippen LogP contribution < -0.4 is 0 Å². The molecule has 32 heavy (non-hydrogen) atoms. The molecule has 0 aliphatic carbocycles. The molecule has 0 fully saturated rings. The summed E-state index contributed by atoms with van der Waals surface area (Å²) in [6, 6.07) is 37.8. The second-order valence-electron chi connectivity index (χ2n) is 7.92. The van der Waals surface area contributed by atoms with Crippen molar-refractivity contribution in [1.82, 2.24) is 0 Å². The summed E-state index contributed by atoms with van der Waals surface area (Å²) in [5.41, 5.74) is 4.00. The minimum atomic E-state index is 0.968. The van der Waals surface area contributed by atoms with Crippen LogP contribution in [0.1, 0.15) is 22.3 Å². The SMILES string of the molecule is C(#Cc1cccc(C#Cc2ccc3ccc4cccc5ccc2c3c45)c1)c1ccccc1. The molecule has 0 unspecified atom stereocenters. The van der Waals surface area contributed by atoms with Crippen molar-refractivity contribution in [3.8, 4) is 23.7 Å². The van der Waals surface area contributed by atoms with Crippen molar-refractivity contribution in [2.75, 3.05) is 0 Å². The van der Waals surface area contributed by atoms with Gasteiger partial charge in [-0.05, 0) is 68.7 Å². The van der Waals surface area contributed by atoms with E-state index in [-0.39, 0.29) is 0 Å². The van der Waals surface area contributed by atoms with Crippen molar-refractivity contribution >= 4 is 32.3 Å². The van der Waals surface area contributed by atoms with E-state index in [4.69, 9.17) is 0 Å². The van der Waals surface area contributed by atoms with Crippen molar-refractivity contribution in [3.63, 3.8) is 0 Å². The van der Waals surface area contributed by atoms with E-state index in [2.05, 4.69) is 84.3 Å². The molecular weight excluding hydrogens is 384 g/mol. The van der Waals surface area contributed by atoms with Gasteiger partial charge < -0.3 is 0 Å². The van der Waals surface area contributed by atoms with Crippen LogP contribution in [0.25, 0.3) is 32.3 Å². The molecule has 6 aromatic carbocycles. The van der Waals surface area contributed by atoms with Crippen molar-refractivity contribution in [1.29, 1.82) is 0 Å². The molecule has 0 aromatic heterocycles. The molecule has 0 spiro atoms. The fourth-order valence-electron chi connectivity index (χ4n) is 4.32. The third-order valence-electron chi connectivity index (χ3n) is 5.86. The van der Waals surface area contributed by atoms with Gasteiger partial charge in [0, 0.05) is 22.3 Å². The number of rotatable bonds is 0. The Morgan fingerprint density at radius 2 is 0.938 bits per heavy atom. The van der Waals surface area contributed by atoms with Gasteiger partial charge in [-0.25, -0.2) is 0 Å². The molecule has 0 amide bonds. The van der Waals surface area contributed by atoms with Crippen LogP contribution in [0.2, 0.25) is 0 Å². The normalized spacial score (nSPS) is 10.6. The van der Waals surface area contributed by atoms with Gasteiger partial charge in [0.2, 0.25) is 0 Å². The van der Waals surface area contributed by atoms with Crippen LogP contribution in [0.3, 0.4) is 0 Å². The summed E-state index contributed by atoms with van der Waals surface area (Å²) in [6.07, 6.45) is 0. The predicted octanol–water partition coefficient (Wildman–Crippen LogP) is 7.38. The first-order valence-corrected chi connectivity index (χ1v) is 10.7. The summed E-state index contributed by atoms with van der Waals surface area (Å²) in [4.78, 5) is 0. The second kappa shape index (κ2) is 7.63. The van der Waals surface area contributed by atoms with Gasteiger partial charge in [0.25, 0.3) is 0 Å². The van der Waals surface area contributed by atoms with E-state index in [1.165, 1.54) is 32.3 Å². The highest BCUT2D eigenvalue weighted by Gasteiger charge is 2.09. The molecule has 0 nitrogen and oxygen atoms in total. The molecule has 0 saturated carbocycles. The molecule has 0 aliphatic rings.